The molecule has 1 N–H and O–H groups in total. The van der Waals surface area contributed by atoms with Gasteiger partial charge in [0.2, 0.25) is 5.91 Å². The van der Waals surface area contributed by atoms with Gasteiger partial charge in [-0.1, -0.05) is 42.5 Å². The first-order valence-electron chi connectivity index (χ1n) is 11.4. The van der Waals surface area contributed by atoms with Gasteiger partial charge in [0.25, 0.3) is 5.91 Å². The summed E-state index contributed by atoms with van der Waals surface area (Å²) in [5, 5.41) is 2.74. The van der Waals surface area contributed by atoms with E-state index in [1.54, 1.807) is 18.1 Å². The van der Waals surface area contributed by atoms with Crippen LogP contribution in [0.2, 0.25) is 0 Å². The van der Waals surface area contributed by atoms with E-state index in [4.69, 9.17) is 0 Å². The van der Waals surface area contributed by atoms with Crippen LogP contribution in [0.1, 0.15) is 27.3 Å². The Kier molecular flexibility index (Phi) is 7.19. The highest BCUT2D eigenvalue weighted by Crippen LogP contribution is 2.17. The lowest BCUT2D eigenvalue weighted by molar-refractivity contribution is -0.127. The number of piperazine rings is 1. The van der Waals surface area contributed by atoms with Crippen molar-refractivity contribution in [2.75, 3.05) is 33.2 Å². The maximum Gasteiger partial charge on any atom is 0.254 e. The zero-order valence-corrected chi connectivity index (χ0v) is 19.3. The fourth-order valence-electron chi connectivity index (χ4n) is 4.34. The molecule has 2 heterocycles. The normalized spacial score (nSPS) is 16.5. The first-order valence-corrected chi connectivity index (χ1v) is 11.4. The maximum absolute atomic E-state index is 13.4. The molecule has 1 fully saturated rings. The second-order valence-electron chi connectivity index (χ2n) is 8.47. The molecule has 0 saturated carbocycles. The van der Waals surface area contributed by atoms with E-state index in [-0.39, 0.29) is 11.8 Å². The fourth-order valence-corrected chi connectivity index (χ4v) is 4.34. The molecule has 2 amide bonds. The largest absolute Gasteiger partial charge is 0.357 e. The van der Waals surface area contributed by atoms with Gasteiger partial charge in [0, 0.05) is 57.7 Å². The molecule has 1 aliphatic heterocycles. The number of aromatic nitrogens is 2. The molecule has 1 atom stereocenters. The van der Waals surface area contributed by atoms with Crippen LogP contribution in [0.3, 0.4) is 0 Å². The SMILES string of the molecule is CNC(=O)C1CN(CCc2ccccc2)CCN1C(=O)c1cccc(Cn2ccnc2C)c1. The smallest absolute Gasteiger partial charge is 0.254 e. The van der Waals surface area contributed by atoms with Crippen LogP contribution in [0, 0.1) is 6.92 Å². The Morgan fingerprint density at radius 1 is 1.06 bits per heavy atom. The zero-order chi connectivity index (χ0) is 23.2. The summed E-state index contributed by atoms with van der Waals surface area (Å²) >= 11 is 0. The van der Waals surface area contributed by atoms with E-state index in [0.717, 1.165) is 30.9 Å². The highest BCUT2D eigenvalue weighted by atomic mass is 16.2. The first kappa shape index (κ1) is 22.7. The molecular formula is C26H31N5O2. The van der Waals surface area contributed by atoms with Gasteiger partial charge in [0.05, 0.1) is 0 Å². The third kappa shape index (κ3) is 5.49. The second kappa shape index (κ2) is 10.4. The van der Waals surface area contributed by atoms with Gasteiger partial charge in [0.15, 0.2) is 0 Å². The Morgan fingerprint density at radius 2 is 1.85 bits per heavy atom. The summed E-state index contributed by atoms with van der Waals surface area (Å²) in [6.45, 7) is 5.28. The van der Waals surface area contributed by atoms with E-state index in [2.05, 4.69) is 27.3 Å². The van der Waals surface area contributed by atoms with Crippen LogP contribution in [0.4, 0.5) is 0 Å². The van der Waals surface area contributed by atoms with Gasteiger partial charge in [-0.05, 0) is 36.6 Å². The third-order valence-corrected chi connectivity index (χ3v) is 6.28. The van der Waals surface area contributed by atoms with Gasteiger partial charge in [-0.2, -0.15) is 0 Å². The summed E-state index contributed by atoms with van der Waals surface area (Å²) in [5.74, 6) is 0.700. The fraction of sp³-hybridized carbons (Fsp3) is 0.346. The number of hydrogen-bond donors (Lipinski definition) is 1. The Balaban J connectivity index is 1.45. The minimum atomic E-state index is -0.508. The first-order chi connectivity index (χ1) is 16.0. The van der Waals surface area contributed by atoms with Gasteiger partial charge < -0.3 is 14.8 Å². The number of aryl methyl sites for hydroxylation is 1. The van der Waals surface area contributed by atoms with Crippen molar-refractivity contribution < 1.29 is 9.59 Å². The van der Waals surface area contributed by atoms with Crippen molar-refractivity contribution in [1.29, 1.82) is 0 Å². The van der Waals surface area contributed by atoms with Crippen molar-refractivity contribution in [3.63, 3.8) is 0 Å². The standard InChI is InChI=1S/C26H31N5O2/c1-20-28-12-14-30(20)18-22-9-6-10-23(17-22)26(33)31-16-15-29(19-24(31)25(32)27-2)13-11-21-7-4-3-5-8-21/h3-10,12,14,17,24H,11,13,15-16,18-19H2,1-2H3,(H,27,32). The summed E-state index contributed by atoms with van der Waals surface area (Å²) in [6, 6.07) is 17.5. The van der Waals surface area contributed by atoms with E-state index >= 15 is 0 Å². The van der Waals surface area contributed by atoms with Crippen molar-refractivity contribution in [2.45, 2.75) is 25.9 Å². The van der Waals surface area contributed by atoms with Crippen LogP contribution in [0.15, 0.2) is 67.0 Å². The summed E-state index contributed by atoms with van der Waals surface area (Å²) in [4.78, 5) is 34.4. The number of benzene rings is 2. The Hall–Kier alpha value is -3.45. The van der Waals surface area contributed by atoms with Crippen molar-refractivity contribution in [3.8, 4) is 0 Å². The number of carbonyl (C=O) groups is 2. The Bertz CT molecular complexity index is 1090. The molecule has 0 bridgehead atoms. The number of imidazole rings is 1. The van der Waals surface area contributed by atoms with Crippen molar-refractivity contribution in [2.24, 2.45) is 0 Å². The molecule has 3 aromatic rings. The highest BCUT2D eigenvalue weighted by Gasteiger charge is 2.35. The van der Waals surface area contributed by atoms with Gasteiger partial charge in [-0.3, -0.25) is 14.5 Å². The molecule has 0 spiro atoms. The van der Waals surface area contributed by atoms with Crippen molar-refractivity contribution >= 4 is 11.8 Å². The zero-order valence-electron chi connectivity index (χ0n) is 19.3. The lowest BCUT2D eigenvalue weighted by atomic mass is 10.1. The second-order valence-corrected chi connectivity index (χ2v) is 8.47. The van der Waals surface area contributed by atoms with E-state index < -0.39 is 6.04 Å². The Labute approximate surface area is 195 Å². The van der Waals surface area contributed by atoms with Crippen molar-refractivity contribution in [1.82, 2.24) is 24.7 Å². The van der Waals surface area contributed by atoms with Gasteiger partial charge in [-0.15, -0.1) is 0 Å². The quantitative estimate of drug-likeness (QED) is 0.606. The minimum Gasteiger partial charge on any atom is -0.357 e. The number of nitrogens with one attached hydrogen (secondary N) is 1. The average molecular weight is 446 g/mol. The molecule has 1 aromatic heterocycles. The molecule has 172 valence electrons. The molecule has 1 unspecified atom stereocenters. The minimum absolute atomic E-state index is 0.101. The number of hydrogen-bond acceptors (Lipinski definition) is 4. The summed E-state index contributed by atoms with van der Waals surface area (Å²) in [6.07, 6.45) is 4.63. The molecule has 33 heavy (non-hydrogen) atoms. The predicted molar refractivity (Wildman–Crippen MR) is 128 cm³/mol. The third-order valence-electron chi connectivity index (χ3n) is 6.28. The lowest BCUT2D eigenvalue weighted by Crippen LogP contribution is -2.60. The number of likely N-dealkylation sites (N-methyl/N-ethyl adjacent to an activating group) is 1. The van der Waals surface area contributed by atoms with E-state index in [0.29, 0.717) is 25.2 Å². The molecule has 0 radical (unpaired) electrons. The lowest BCUT2D eigenvalue weighted by Gasteiger charge is -2.40. The molecule has 1 saturated heterocycles. The van der Waals surface area contributed by atoms with Crippen molar-refractivity contribution in [3.05, 3.63) is 89.5 Å². The summed E-state index contributed by atoms with van der Waals surface area (Å²) in [5.41, 5.74) is 2.91. The van der Waals surface area contributed by atoms with Crippen LogP contribution in [0.25, 0.3) is 0 Å². The number of nitrogens with zero attached hydrogens (tertiary/aromatic N) is 4. The Morgan fingerprint density at radius 3 is 2.58 bits per heavy atom. The monoisotopic (exact) mass is 445 g/mol. The number of carbonyl (C=O) groups excluding carboxylic acids is 2. The highest BCUT2D eigenvalue weighted by molar-refractivity contribution is 5.98. The molecule has 7 nitrogen and oxygen atoms in total. The van der Waals surface area contributed by atoms with Crippen LogP contribution >= 0.6 is 0 Å². The van der Waals surface area contributed by atoms with E-state index in [1.165, 1.54) is 5.56 Å². The van der Waals surface area contributed by atoms with Gasteiger partial charge in [0.1, 0.15) is 11.9 Å². The van der Waals surface area contributed by atoms with Crippen LogP contribution in [-0.4, -0.2) is 70.4 Å². The molecule has 1 aliphatic rings. The van der Waals surface area contributed by atoms with E-state index in [9.17, 15) is 9.59 Å². The molecule has 4 rings (SSSR count). The van der Waals surface area contributed by atoms with Crippen LogP contribution in [-0.2, 0) is 17.8 Å². The maximum atomic E-state index is 13.4. The molecule has 0 aliphatic carbocycles. The van der Waals surface area contributed by atoms with Gasteiger partial charge in [-0.25, -0.2) is 4.98 Å². The van der Waals surface area contributed by atoms with Crippen LogP contribution < -0.4 is 5.32 Å². The average Bonchev–Trinajstić information content (AvgIpc) is 3.26. The van der Waals surface area contributed by atoms with Crippen LogP contribution in [0.5, 0.6) is 0 Å². The molecular weight excluding hydrogens is 414 g/mol. The molecule has 7 heteroatoms. The van der Waals surface area contributed by atoms with Gasteiger partial charge >= 0.3 is 0 Å². The predicted octanol–water partition coefficient (Wildman–Crippen LogP) is 2.35. The number of amides is 2. The topological polar surface area (TPSA) is 70.5 Å². The summed E-state index contributed by atoms with van der Waals surface area (Å²) < 4.78 is 2.04. The molecule has 2 aromatic carbocycles. The van der Waals surface area contributed by atoms with E-state index in [1.807, 2.05) is 60.2 Å². The number of rotatable bonds is 7. The summed E-state index contributed by atoms with van der Waals surface area (Å²) in [7, 11) is 1.63.